The molecule has 5 heteroatoms. The smallest absolute Gasteiger partial charge is 0.306 e. The van der Waals surface area contributed by atoms with Gasteiger partial charge >= 0.3 is 11.9 Å². The summed E-state index contributed by atoms with van der Waals surface area (Å²) in [6.45, 7) is 4.21. The molecule has 0 aliphatic carbocycles. The van der Waals surface area contributed by atoms with Crippen LogP contribution in [0.2, 0.25) is 0 Å². The first-order chi connectivity index (χ1) is 45.1. The van der Waals surface area contributed by atoms with Crippen LogP contribution in [0.4, 0.5) is 0 Å². The number of unbranched alkanes of at least 4 members (excludes halogenated alkanes) is 69. The molecule has 0 aliphatic rings. The molecule has 0 aromatic rings. The van der Waals surface area contributed by atoms with Gasteiger partial charge in [0.2, 0.25) is 0 Å². The number of esters is 2. The van der Waals surface area contributed by atoms with Crippen LogP contribution in [-0.2, 0) is 19.1 Å². The first-order valence-corrected chi connectivity index (χ1v) is 42.4. The van der Waals surface area contributed by atoms with E-state index in [9.17, 15) is 14.7 Å². The molecule has 1 unspecified atom stereocenters. The third kappa shape index (κ3) is 80.7. The Hall–Kier alpha value is -1.62. The van der Waals surface area contributed by atoms with Crippen LogP contribution in [0.15, 0.2) is 24.3 Å². The van der Waals surface area contributed by atoms with Gasteiger partial charge in [-0.3, -0.25) is 9.59 Å². The largest absolute Gasteiger partial charge is 0.462 e. The van der Waals surface area contributed by atoms with Gasteiger partial charge in [-0.05, 0) is 44.9 Å². The lowest BCUT2D eigenvalue weighted by Crippen LogP contribution is -2.28. The Morgan fingerprint density at radius 2 is 0.440 bits per heavy atom. The van der Waals surface area contributed by atoms with Gasteiger partial charge in [-0.1, -0.05) is 462 Å². The zero-order valence-corrected chi connectivity index (χ0v) is 62.4. The molecule has 0 bridgehead atoms. The van der Waals surface area contributed by atoms with Crippen LogP contribution in [0.3, 0.4) is 0 Å². The fourth-order valence-electron chi connectivity index (χ4n) is 13.7. The van der Waals surface area contributed by atoms with Gasteiger partial charge in [-0.2, -0.15) is 0 Å². The van der Waals surface area contributed by atoms with Crippen molar-refractivity contribution in [3.8, 4) is 0 Å². The second kappa shape index (κ2) is 82.6. The molecule has 0 saturated carbocycles. The van der Waals surface area contributed by atoms with Gasteiger partial charge in [0.1, 0.15) is 6.61 Å². The molecule has 0 aliphatic heterocycles. The molecule has 0 heterocycles. The summed E-state index contributed by atoms with van der Waals surface area (Å²) < 4.78 is 10.8. The van der Waals surface area contributed by atoms with E-state index in [1.807, 2.05) is 0 Å². The summed E-state index contributed by atoms with van der Waals surface area (Å²) in [4.78, 5) is 24.7. The van der Waals surface area contributed by atoms with Crippen molar-refractivity contribution in [1.82, 2.24) is 0 Å². The van der Waals surface area contributed by atoms with E-state index in [1.54, 1.807) is 0 Å². The summed E-state index contributed by atoms with van der Waals surface area (Å²) in [5, 5.41) is 9.74. The maximum Gasteiger partial charge on any atom is 0.306 e. The summed E-state index contributed by atoms with van der Waals surface area (Å²) >= 11 is 0. The van der Waals surface area contributed by atoms with Crippen LogP contribution in [-0.4, -0.2) is 36.4 Å². The van der Waals surface area contributed by atoms with Crippen molar-refractivity contribution in [3.63, 3.8) is 0 Å². The summed E-state index contributed by atoms with van der Waals surface area (Å²) in [6, 6.07) is 0. The number of hydrogen-bond acceptors (Lipinski definition) is 5. The van der Waals surface area contributed by atoms with Crippen molar-refractivity contribution < 1.29 is 24.2 Å². The molecule has 5 nitrogen and oxygen atoms in total. The fourth-order valence-corrected chi connectivity index (χ4v) is 13.7. The Morgan fingerprint density at radius 1 is 0.253 bits per heavy atom. The van der Waals surface area contributed by atoms with Gasteiger partial charge in [-0.25, -0.2) is 0 Å². The monoisotopic (exact) mass is 1280 g/mol. The lowest BCUT2D eigenvalue weighted by atomic mass is 10.0. The van der Waals surface area contributed by atoms with E-state index < -0.39 is 6.10 Å². The second-order valence-electron chi connectivity index (χ2n) is 29.3. The Bertz CT molecular complexity index is 1410. The van der Waals surface area contributed by atoms with Crippen LogP contribution in [0, 0.1) is 0 Å². The third-order valence-corrected chi connectivity index (χ3v) is 20.0. The molecule has 0 fully saturated rings. The Morgan fingerprint density at radius 3 is 0.648 bits per heavy atom. The first kappa shape index (κ1) is 89.4. The van der Waals surface area contributed by atoms with E-state index in [0.29, 0.717) is 12.8 Å². The molecule has 0 aromatic carbocycles. The van der Waals surface area contributed by atoms with Gasteiger partial charge < -0.3 is 14.6 Å². The van der Waals surface area contributed by atoms with E-state index in [2.05, 4.69) is 38.2 Å². The van der Waals surface area contributed by atoms with Crippen LogP contribution in [0.5, 0.6) is 0 Å². The van der Waals surface area contributed by atoms with Gasteiger partial charge in [0.05, 0.1) is 6.61 Å². The first-order valence-electron chi connectivity index (χ1n) is 42.4. The summed E-state index contributed by atoms with van der Waals surface area (Å²) in [5.74, 6) is -0.558. The normalized spacial score (nSPS) is 12.2. The van der Waals surface area contributed by atoms with Crippen LogP contribution in [0.1, 0.15) is 495 Å². The Kier molecular flexibility index (Phi) is 81.1. The number of allylic oxidation sites excluding steroid dienone is 4. The minimum Gasteiger partial charge on any atom is -0.462 e. The van der Waals surface area contributed by atoms with Crippen molar-refractivity contribution in [2.75, 3.05) is 13.2 Å². The lowest BCUT2D eigenvalue weighted by molar-refractivity contribution is -0.161. The minimum atomic E-state index is -0.769. The van der Waals surface area contributed by atoms with E-state index in [-0.39, 0.29) is 25.2 Å². The molecule has 91 heavy (non-hydrogen) atoms. The Labute approximate surface area is 572 Å². The van der Waals surface area contributed by atoms with E-state index in [4.69, 9.17) is 9.47 Å². The average Bonchev–Trinajstić information content (AvgIpc) is 3.69. The summed E-state index contributed by atoms with van der Waals surface area (Å²) in [7, 11) is 0. The number of aliphatic hydroxyl groups excluding tert-OH is 1. The predicted molar refractivity (Wildman–Crippen MR) is 404 cm³/mol. The predicted octanol–water partition coefficient (Wildman–Crippen LogP) is 29.8. The standard InChI is InChI=1S/C86H166O5/c1-3-5-7-9-11-13-15-17-19-21-23-25-27-29-31-33-35-37-39-41-42-43-45-46-48-50-52-54-56-58-60-62-64-66-68-70-72-74-76-78-80-85(88)90-83-84(82-87)91-86(89)81-79-77-75-73-71-69-67-65-63-61-59-57-55-53-51-49-47-44-40-38-36-34-32-30-28-26-24-22-20-18-16-14-12-10-8-6-4-2/h16,18,22,24,84,87H,3-15,17,19-21,23,25-83H2,1-2H3/b18-16-,24-22-. The highest BCUT2D eigenvalue weighted by Gasteiger charge is 2.16. The molecule has 0 saturated heterocycles. The summed E-state index contributed by atoms with van der Waals surface area (Å²) in [6.07, 6.45) is 110. The molecule has 0 rings (SSSR count). The van der Waals surface area contributed by atoms with E-state index in [0.717, 1.165) is 38.5 Å². The number of hydrogen-bond donors (Lipinski definition) is 1. The quantitative estimate of drug-likeness (QED) is 0.0373. The molecular weight excluding hydrogens is 1110 g/mol. The molecule has 1 N–H and O–H groups in total. The van der Waals surface area contributed by atoms with Gasteiger partial charge in [0.15, 0.2) is 6.10 Å². The van der Waals surface area contributed by atoms with E-state index >= 15 is 0 Å². The van der Waals surface area contributed by atoms with Crippen molar-refractivity contribution in [2.24, 2.45) is 0 Å². The number of ether oxygens (including phenoxy) is 2. The number of aliphatic hydroxyl groups is 1. The van der Waals surface area contributed by atoms with Crippen LogP contribution in [0.25, 0.3) is 0 Å². The van der Waals surface area contributed by atoms with Crippen molar-refractivity contribution in [3.05, 3.63) is 24.3 Å². The number of rotatable bonds is 81. The SMILES string of the molecule is CCCCCCC/C=C\C/C=C\CCCCCCCCCCCCCCCCCCCCCCCCCCCC(=O)OC(CO)COC(=O)CCCCCCCCCCCCCCCCCCCCCCCCCCCCCCCCCCCCCCCCCC. The maximum atomic E-state index is 12.4. The fraction of sp³-hybridized carbons (Fsp3) is 0.930. The molecule has 1 atom stereocenters. The molecular formula is C86H166O5. The van der Waals surface area contributed by atoms with Crippen LogP contribution < -0.4 is 0 Å². The lowest BCUT2D eigenvalue weighted by Gasteiger charge is -2.15. The van der Waals surface area contributed by atoms with Gasteiger partial charge in [-0.15, -0.1) is 0 Å². The van der Waals surface area contributed by atoms with Crippen molar-refractivity contribution in [2.45, 2.75) is 502 Å². The zero-order valence-electron chi connectivity index (χ0n) is 62.4. The topological polar surface area (TPSA) is 72.8 Å². The minimum absolute atomic E-state index is 0.0567. The average molecular weight is 1280 g/mol. The summed E-state index contributed by atoms with van der Waals surface area (Å²) in [5.41, 5.74) is 0. The molecule has 0 aromatic heterocycles. The third-order valence-electron chi connectivity index (χ3n) is 20.0. The van der Waals surface area contributed by atoms with Crippen molar-refractivity contribution in [1.29, 1.82) is 0 Å². The molecule has 0 spiro atoms. The number of carbonyl (C=O) groups is 2. The molecule has 540 valence electrons. The maximum absolute atomic E-state index is 12.4. The van der Waals surface area contributed by atoms with Crippen molar-refractivity contribution >= 4 is 11.9 Å². The zero-order chi connectivity index (χ0) is 65.4. The van der Waals surface area contributed by atoms with E-state index in [1.165, 1.54) is 430 Å². The Balaban J connectivity index is 3.33. The highest BCUT2D eigenvalue weighted by Crippen LogP contribution is 2.21. The van der Waals surface area contributed by atoms with Gasteiger partial charge in [0.25, 0.3) is 0 Å². The highest BCUT2D eigenvalue weighted by molar-refractivity contribution is 5.70. The highest BCUT2D eigenvalue weighted by atomic mass is 16.6. The van der Waals surface area contributed by atoms with Gasteiger partial charge in [0, 0.05) is 12.8 Å². The molecule has 0 radical (unpaired) electrons. The second-order valence-corrected chi connectivity index (χ2v) is 29.3. The molecule has 0 amide bonds. The number of carbonyl (C=O) groups excluding carboxylic acids is 2. The van der Waals surface area contributed by atoms with Crippen LogP contribution >= 0.6 is 0 Å².